The van der Waals surface area contributed by atoms with Crippen LogP contribution in [0.4, 0.5) is 5.69 Å². The quantitative estimate of drug-likeness (QED) is 0.786. The van der Waals surface area contributed by atoms with Gasteiger partial charge in [0.15, 0.2) is 0 Å². The number of carbonyl (C=O) groups excluding carboxylic acids is 1. The molecule has 0 unspecified atom stereocenters. The Morgan fingerprint density at radius 3 is 2.31 bits per heavy atom. The molecule has 0 spiro atoms. The number of benzene rings is 2. The molecule has 3 aromatic rings. The highest BCUT2D eigenvalue weighted by Gasteiger charge is 2.11. The average molecular weight is 347 g/mol. The first-order chi connectivity index (χ1) is 12.4. The third-order valence-electron chi connectivity index (χ3n) is 4.17. The molecule has 0 saturated heterocycles. The standard InChI is InChI=1S/C21H21N3O2/c1-14-11-15(2)21(16(3)12-14)22-19(25)13-24-20(26)10-9-18(23-24)17-7-5-4-6-8-17/h4-12H,13H2,1-3H3,(H,22,25). The van der Waals surface area contributed by atoms with E-state index in [9.17, 15) is 9.59 Å². The van der Waals surface area contributed by atoms with Crippen molar-refractivity contribution in [2.45, 2.75) is 27.3 Å². The summed E-state index contributed by atoms with van der Waals surface area (Å²) >= 11 is 0. The first kappa shape index (κ1) is 17.6. The Balaban J connectivity index is 1.83. The Kier molecular flexibility index (Phi) is 4.98. The van der Waals surface area contributed by atoms with Crippen LogP contribution in [0, 0.1) is 20.8 Å². The van der Waals surface area contributed by atoms with Crippen molar-refractivity contribution in [3.8, 4) is 11.3 Å². The highest BCUT2D eigenvalue weighted by molar-refractivity contribution is 5.92. The monoisotopic (exact) mass is 347 g/mol. The summed E-state index contributed by atoms with van der Waals surface area (Å²) in [5.74, 6) is -0.278. The minimum Gasteiger partial charge on any atom is -0.324 e. The lowest BCUT2D eigenvalue weighted by molar-refractivity contribution is -0.117. The molecule has 1 N–H and O–H groups in total. The summed E-state index contributed by atoms with van der Waals surface area (Å²) in [4.78, 5) is 24.6. The lowest BCUT2D eigenvalue weighted by Gasteiger charge is -2.13. The van der Waals surface area contributed by atoms with Gasteiger partial charge in [-0.2, -0.15) is 5.10 Å². The second kappa shape index (κ2) is 7.35. The molecule has 3 rings (SSSR count). The van der Waals surface area contributed by atoms with Gasteiger partial charge in [-0.1, -0.05) is 48.0 Å². The fraction of sp³-hybridized carbons (Fsp3) is 0.190. The molecule has 132 valence electrons. The summed E-state index contributed by atoms with van der Waals surface area (Å²) in [6.45, 7) is 5.79. The lowest BCUT2D eigenvalue weighted by atomic mass is 10.1. The number of carbonyl (C=O) groups is 1. The van der Waals surface area contributed by atoms with E-state index >= 15 is 0 Å². The Bertz CT molecular complexity index is 984. The number of amides is 1. The van der Waals surface area contributed by atoms with Gasteiger partial charge in [-0.25, -0.2) is 4.68 Å². The van der Waals surface area contributed by atoms with E-state index in [1.807, 2.05) is 63.2 Å². The van der Waals surface area contributed by atoms with Crippen LogP contribution in [-0.2, 0) is 11.3 Å². The number of aromatic nitrogens is 2. The second-order valence-corrected chi connectivity index (χ2v) is 6.40. The van der Waals surface area contributed by atoms with E-state index in [4.69, 9.17) is 0 Å². The Morgan fingerprint density at radius 2 is 1.65 bits per heavy atom. The Labute approximate surface area is 152 Å². The van der Waals surface area contributed by atoms with Crippen molar-refractivity contribution in [1.29, 1.82) is 0 Å². The molecule has 0 radical (unpaired) electrons. The summed E-state index contributed by atoms with van der Waals surface area (Å²) < 4.78 is 1.19. The number of hydrogen-bond acceptors (Lipinski definition) is 3. The molecule has 0 aliphatic carbocycles. The molecule has 0 atom stereocenters. The van der Waals surface area contributed by atoms with Gasteiger partial charge < -0.3 is 5.32 Å². The van der Waals surface area contributed by atoms with Crippen LogP contribution in [0.3, 0.4) is 0 Å². The van der Waals surface area contributed by atoms with E-state index in [-0.39, 0.29) is 18.0 Å². The number of aryl methyl sites for hydroxylation is 3. The normalized spacial score (nSPS) is 10.6. The lowest BCUT2D eigenvalue weighted by Crippen LogP contribution is -2.29. The zero-order valence-electron chi connectivity index (χ0n) is 15.1. The molecule has 0 saturated carbocycles. The maximum Gasteiger partial charge on any atom is 0.267 e. The van der Waals surface area contributed by atoms with Gasteiger partial charge in [-0.3, -0.25) is 9.59 Å². The molecule has 5 heteroatoms. The first-order valence-corrected chi connectivity index (χ1v) is 8.45. The predicted molar refractivity (Wildman–Crippen MR) is 103 cm³/mol. The largest absolute Gasteiger partial charge is 0.324 e. The van der Waals surface area contributed by atoms with Crippen LogP contribution in [-0.4, -0.2) is 15.7 Å². The fourth-order valence-electron chi connectivity index (χ4n) is 3.02. The number of nitrogens with zero attached hydrogens (tertiary/aromatic N) is 2. The fourth-order valence-corrected chi connectivity index (χ4v) is 3.02. The van der Waals surface area contributed by atoms with E-state index in [0.717, 1.165) is 27.9 Å². The highest BCUT2D eigenvalue weighted by Crippen LogP contribution is 2.22. The van der Waals surface area contributed by atoms with Crippen molar-refractivity contribution in [3.05, 3.63) is 81.6 Å². The van der Waals surface area contributed by atoms with E-state index in [1.54, 1.807) is 6.07 Å². The topological polar surface area (TPSA) is 64.0 Å². The predicted octanol–water partition coefficient (Wildman–Crippen LogP) is 3.47. The van der Waals surface area contributed by atoms with E-state index in [0.29, 0.717) is 5.69 Å². The van der Waals surface area contributed by atoms with Crippen LogP contribution in [0.1, 0.15) is 16.7 Å². The molecule has 1 heterocycles. The van der Waals surface area contributed by atoms with Gasteiger partial charge >= 0.3 is 0 Å². The van der Waals surface area contributed by atoms with E-state index in [2.05, 4.69) is 10.4 Å². The maximum absolute atomic E-state index is 12.5. The van der Waals surface area contributed by atoms with Crippen molar-refractivity contribution >= 4 is 11.6 Å². The average Bonchev–Trinajstić information content (AvgIpc) is 2.61. The SMILES string of the molecule is Cc1cc(C)c(NC(=O)Cn2nc(-c3ccccc3)ccc2=O)c(C)c1. The van der Waals surface area contributed by atoms with Crippen molar-refractivity contribution in [2.75, 3.05) is 5.32 Å². The van der Waals surface area contributed by atoms with Crippen LogP contribution >= 0.6 is 0 Å². The van der Waals surface area contributed by atoms with Gasteiger partial charge in [-0.15, -0.1) is 0 Å². The third-order valence-corrected chi connectivity index (χ3v) is 4.17. The van der Waals surface area contributed by atoms with Crippen molar-refractivity contribution < 1.29 is 4.79 Å². The molecule has 5 nitrogen and oxygen atoms in total. The maximum atomic E-state index is 12.5. The van der Waals surface area contributed by atoms with Crippen molar-refractivity contribution in [2.24, 2.45) is 0 Å². The molecule has 0 aliphatic rings. The van der Waals surface area contributed by atoms with Crippen LogP contribution in [0.5, 0.6) is 0 Å². The third kappa shape index (κ3) is 3.88. The van der Waals surface area contributed by atoms with Crippen LogP contribution in [0.15, 0.2) is 59.4 Å². The van der Waals surface area contributed by atoms with Gasteiger partial charge in [0.1, 0.15) is 6.54 Å². The molecular formula is C21H21N3O2. The van der Waals surface area contributed by atoms with Gasteiger partial charge in [0.2, 0.25) is 5.91 Å². The van der Waals surface area contributed by atoms with Crippen LogP contribution < -0.4 is 10.9 Å². The van der Waals surface area contributed by atoms with Gasteiger partial charge in [-0.05, 0) is 38.0 Å². The van der Waals surface area contributed by atoms with E-state index < -0.39 is 0 Å². The zero-order chi connectivity index (χ0) is 18.7. The van der Waals surface area contributed by atoms with Gasteiger partial charge in [0, 0.05) is 17.3 Å². The number of nitrogens with one attached hydrogen (secondary N) is 1. The minimum absolute atomic E-state index is 0.133. The van der Waals surface area contributed by atoms with Gasteiger partial charge in [0.05, 0.1) is 5.69 Å². The van der Waals surface area contributed by atoms with Gasteiger partial charge in [0.25, 0.3) is 5.56 Å². The van der Waals surface area contributed by atoms with Crippen molar-refractivity contribution in [1.82, 2.24) is 9.78 Å². The summed E-state index contributed by atoms with van der Waals surface area (Å²) in [5.41, 5.74) is 5.16. The summed E-state index contributed by atoms with van der Waals surface area (Å²) in [5, 5.41) is 7.23. The molecule has 0 aliphatic heterocycles. The Morgan fingerprint density at radius 1 is 1.00 bits per heavy atom. The highest BCUT2D eigenvalue weighted by atomic mass is 16.2. The molecule has 1 aromatic heterocycles. The number of rotatable bonds is 4. The summed E-state index contributed by atoms with van der Waals surface area (Å²) in [6.07, 6.45) is 0. The second-order valence-electron chi connectivity index (χ2n) is 6.40. The summed E-state index contributed by atoms with van der Waals surface area (Å²) in [6, 6.07) is 16.7. The zero-order valence-corrected chi connectivity index (χ0v) is 15.1. The van der Waals surface area contributed by atoms with Crippen molar-refractivity contribution in [3.63, 3.8) is 0 Å². The Hall–Kier alpha value is -3.21. The molecular weight excluding hydrogens is 326 g/mol. The molecule has 26 heavy (non-hydrogen) atoms. The van der Waals surface area contributed by atoms with E-state index in [1.165, 1.54) is 10.7 Å². The first-order valence-electron chi connectivity index (χ1n) is 8.45. The van der Waals surface area contributed by atoms with Crippen LogP contribution in [0.25, 0.3) is 11.3 Å². The molecule has 0 bridgehead atoms. The molecule has 2 aromatic carbocycles. The minimum atomic E-state index is -0.308. The molecule has 0 fully saturated rings. The smallest absolute Gasteiger partial charge is 0.267 e. The number of anilines is 1. The number of hydrogen-bond donors (Lipinski definition) is 1. The molecule has 1 amide bonds. The van der Waals surface area contributed by atoms with Crippen LogP contribution in [0.2, 0.25) is 0 Å². The summed E-state index contributed by atoms with van der Waals surface area (Å²) in [7, 11) is 0.